The van der Waals surface area contributed by atoms with Crippen LogP contribution in [0.1, 0.15) is 5.56 Å². The average Bonchev–Trinajstić information content (AvgIpc) is 2.84. The van der Waals surface area contributed by atoms with Crippen molar-refractivity contribution in [2.75, 3.05) is 50.0 Å². The first kappa shape index (κ1) is 18.2. The van der Waals surface area contributed by atoms with E-state index in [4.69, 9.17) is 5.11 Å². The summed E-state index contributed by atoms with van der Waals surface area (Å²) in [6, 6.07) is 5.96. The van der Waals surface area contributed by atoms with Crippen molar-refractivity contribution < 1.29 is 19.7 Å². The molecule has 2 aliphatic rings. The molecule has 148 valence electrons. The first-order valence-corrected chi connectivity index (χ1v) is 9.14. The molecule has 9 nitrogen and oxygen atoms in total. The molecule has 0 radical (unpaired) electrons. The predicted octanol–water partition coefficient (Wildman–Crippen LogP) is 1.52. The molecule has 3 heterocycles. The summed E-state index contributed by atoms with van der Waals surface area (Å²) in [4.78, 5) is 30.4. The number of ether oxygens (including phenoxy) is 1. The number of aromatic nitrogens is 1. The van der Waals surface area contributed by atoms with Crippen molar-refractivity contribution in [3.05, 3.63) is 34.1 Å². The largest absolute Gasteiger partial charge is 0.511 e. The van der Waals surface area contributed by atoms with Crippen molar-refractivity contribution in [3.8, 4) is 22.8 Å². The van der Waals surface area contributed by atoms with Crippen LogP contribution < -0.4 is 20.5 Å². The molecule has 0 saturated carbocycles. The number of carbonyl (C=O) groups is 1. The van der Waals surface area contributed by atoms with Crippen LogP contribution in [0.15, 0.2) is 23.0 Å². The number of piperazine rings is 1. The molecule has 1 aromatic carbocycles. The minimum atomic E-state index is -1.65. The van der Waals surface area contributed by atoms with E-state index < -0.39 is 23.2 Å². The second-order valence-electron chi connectivity index (χ2n) is 7.05. The number of aromatic hydroxyl groups is 1. The van der Waals surface area contributed by atoms with Crippen molar-refractivity contribution >= 4 is 17.5 Å². The van der Waals surface area contributed by atoms with Crippen LogP contribution >= 0.6 is 0 Å². The van der Waals surface area contributed by atoms with Gasteiger partial charge in [0.2, 0.25) is 5.75 Å². The second-order valence-corrected chi connectivity index (χ2v) is 7.05. The lowest BCUT2D eigenvalue weighted by molar-refractivity contribution is 0.142. The van der Waals surface area contributed by atoms with Crippen molar-refractivity contribution in [3.63, 3.8) is 0 Å². The third-order valence-electron chi connectivity index (χ3n) is 5.27. The first-order valence-electron chi connectivity index (χ1n) is 9.14. The van der Waals surface area contributed by atoms with E-state index in [1.165, 1.54) is 0 Å². The van der Waals surface area contributed by atoms with Gasteiger partial charge in [0.15, 0.2) is 5.75 Å². The first-order chi connectivity index (χ1) is 13.4. The van der Waals surface area contributed by atoms with Gasteiger partial charge in [0, 0.05) is 55.2 Å². The topological polar surface area (TPSA) is 118 Å². The van der Waals surface area contributed by atoms with E-state index in [0.717, 1.165) is 43.1 Å². The fourth-order valence-corrected chi connectivity index (χ4v) is 3.74. The van der Waals surface area contributed by atoms with Crippen LogP contribution in [0.25, 0.3) is 11.3 Å². The molecule has 9 heteroatoms. The third-order valence-corrected chi connectivity index (χ3v) is 5.27. The number of aromatic amines is 1. The summed E-state index contributed by atoms with van der Waals surface area (Å²) in [7, 11) is 2.11. The van der Waals surface area contributed by atoms with Crippen molar-refractivity contribution in [1.29, 1.82) is 0 Å². The Bertz CT molecular complexity index is 979. The van der Waals surface area contributed by atoms with E-state index in [0.29, 0.717) is 24.2 Å². The minimum absolute atomic E-state index is 0.409. The fraction of sp³-hybridized carbons (Fsp3) is 0.368. The highest BCUT2D eigenvalue weighted by atomic mass is 16.7. The molecule has 0 spiro atoms. The molecule has 1 fully saturated rings. The number of nitrogens with zero attached hydrogens (tertiary/aromatic N) is 2. The zero-order valence-corrected chi connectivity index (χ0v) is 15.5. The number of fused-ring (bicyclic) bond motifs is 3. The number of hydrogen-bond donors (Lipinski definition) is 4. The monoisotopic (exact) mass is 386 g/mol. The summed E-state index contributed by atoms with van der Waals surface area (Å²) in [6.45, 7) is 4.42. The van der Waals surface area contributed by atoms with Crippen LogP contribution in [0.2, 0.25) is 0 Å². The van der Waals surface area contributed by atoms with E-state index in [-0.39, 0.29) is 0 Å². The Labute approximate surface area is 161 Å². The Morgan fingerprint density at radius 3 is 2.68 bits per heavy atom. The molecule has 1 saturated heterocycles. The summed E-state index contributed by atoms with van der Waals surface area (Å²) >= 11 is 0. The maximum absolute atomic E-state index is 12.3. The van der Waals surface area contributed by atoms with Crippen LogP contribution in [-0.4, -0.2) is 66.0 Å². The lowest BCUT2D eigenvalue weighted by Gasteiger charge is -2.34. The van der Waals surface area contributed by atoms with Gasteiger partial charge >= 0.3 is 6.16 Å². The molecule has 0 bridgehead atoms. The lowest BCUT2D eigenvalue weighted by atomic mass is 10.0. The maximum Gasteiger partial charge on any atom is 0.511 e. The van der Waals surface area contributed by atoms with Crippen LogP contribution in [0.5, 0.6) is 11.5 Å². The summed E-state index contributed by atoms with van der Waals surface area (Å²) in [5.74, 6) is -1.03. The van der Waals surface area contributed by atoms with Crippen LogP contribution in [0, 0.1) is 0 Å². The highest BCUT2D eigenvalue weighted by Gasteiger charge is 2.25. The zero-order valence-electron chi connectivity index (χ0n) is 15.5. The maximum atomic E-state index is 12.3. The van der Waals surface area contributed by atoms with Gasteiger partial charge in [-0.2, -0.15) is 0 Å². The van der Waals surface area contributed by atoms with E-state index in [2.05, 4.69) is 31.9 Å². The van der Waals surface area contributed by atoms with Gasteiger partial charge in [0.05, 0.1) is 5.69 Å². The minimum Gasteiger partial charge on any atom is -0.504 e. The molecule has 1 aromatic heterocycles. The smallest absolute Gasteiger partial charge is 0.504 e. The molecule has 4 N–H and O–H groups in total. The number of anilines is 2. The molecular formula is C19H22N4O5. The number of rotatable bonds is 2. The predicted molar refractivity (Wildman–Crippen MR) is 105 cm³/mol. The third kappa shape index (κ3) is 3.24. The zero-order chi connectivity index (χ0) is 19.8. The molecule has 0 atom stereocenters. The number of nitrogens with one attached hydrogen (secondary N) is 2. The van der Waals surface area contributed by atoms with Crippen molar-refractivity contribution in [1.82, 2.24) is 9.88 Å². The van der Waals surface area contributed by atoms with E-state index in [1.807, 2.05) is 18.2 Å². The fourth-order valence-electron chi connectivity index (χ4n) is 3.74. The van der Waals surface area contributed by atoms with E-state index in [1.54, 1.807) is 0 Å². The van der Waals surface area contributed by atoms with Gasteiger partial charge in [0.1, 0.15) is 0 Å². The molecule has 0 amide bonds. The Kier molecular flexibility index (Phi) is 4.60. The number of pyridine rings is 1. The molecule has 28 heavy (non-hydrogen) atoms. The lowest BCUT2D eigenvalue weighted by Crippen LogP contribution is -2.44. The molecule has 2 aliphatic heterocycles. The molecule has 4 rings (SSSR count). The number of H-pyrrole nitrogens is 1. The highest BCUT2D eigenvalue weighted by molar-refractivity contribution is 5.83. The van der Waals surface area contributed by atoms with Gasteiger partial charge in [-0.15, -0.1) is 0 Å². The molecule has 2 aromatic rings. The van der Waals surface area contributed by atoms with E-state index >= 15 is 0 Å². The van der Waals surface area contributed by atoms with E-state index in [9.17, 15) is 14.7 Å². The van der Waals surface area contributed by atoms with Crippen LogP contribution in [-0.2, 0) is 6.42 Å². The number of hydrogen-bond acceptors (Lipinski definition) is 7. The number of benzene rings is 1. The Hall–Kier alpha value is -3.20. The molecular weight excluding hydrogens is 364 g/mol. The second kappa shape index (κ2) is 7.08. The highest BCUT2D eigenvalue weighted by Crippen LogP contribution is 2.39. The Morgan fingerprint density at radius 1 is 1.21 bits per heavy atom. The van der Waals surface area contributed by atoms with Crippen molar-refractivity contribution in [2.45, 2.75) is 6.42 Å². The average molecular weight is 386 g/mol. The Morgan fingerprint density at radius 2 is 1.96 bits per heavy atom. The van der Waals surface area contributed by atoms with Crippen molar-refractivity contribution in [2.24, 2.45) is 0 Å². The Balaban J connectivity index is 1.75. The molecule has 0 unspecified atom stereocenters. The normalized spacial score (nSPS) is 16.5. The van der Waals surface area contributed by atoms with Gasteiger partial charge in [-0.3, -0.25) is 4.79 Å². The van der Waals surface area contributed by atoms with Crippen LogP contribution in [0.4, 0.5) is 16.2 Å². The summed E-state index contributed by atoms with van der Waals surface area (Å²) in [6.07, 6.45) is -1.24. The summed E-state index contributed by atoms with van der Waals surface area (Å²) in [5, 5.41) is 22.6. The van der Waals surface area contributed by atoms with Gasteiger partial charge in [-0.25, -0.2) is 4.79 Å². The molecule has 0 aliphatic carbocycles. The number of likely N-dealkylation sites (N-methyl/N-ethyl adjacent to an activating group) is 1. The van der Waals surface area contributed by atoms with Gasteiger partial charge < -0.3 is 35.1 Å². The van der Waals surface area contributed by atoms with Gasteiger partial charge in [-0.05, 0) is 31.7 Å². The number of carboxylic acid groups (broad SMARTS) is 1. The SMILES string of the molecule is CN1CCN(c2ccc3c(c2)NCCc2c-3[nH]c(=O)c(OC(=O)O)c2O)CC1. The summed E-state index contributed by atoms with van der Waals surface area (Å²) < 4.78 is 4.47. The standard InChI is InChI=1S/C19H22N4O5/c1-22-6-8-23(9-7-22)11-2-3-12-14(10-11)20-5-4-13-15(12)21-18(25)17(16(13)24)28-19(26)27/h2-3,10,20H,4-9H2,1H3,(H,26,27)(H2,21,24,25). The van der Waals surface area contributed by atoms with Gasteiger partial charge in [-0.1, -0.05) is 0 Å². The summed E-state index contributed by atoms with van der Waals surface area (Å²) in [5.41, 5.74) is 2.85. The quantitative estimate of drug-likeness (QED) is 0.574. The van der Waals surface area contributed by atoms with Gasteiger partial charge in [0.25, 0.3) is 5.56 Å². The van der Waals surface area contributed by atoms with Crippen LogP contribution in [0.3, 0.4) is 0 Å².